The Hall–Kier alpha value is -2.00. The molecule has 3 rings (SSSR count). The summed E-state index contributed by atoms with van der Waals surface area (Å²) in [5, 5.41) is 0.553. The first-order valence-electron chi connectivity index (χ1n) is 9.91. The molecule has 1 aliphatic rings. The maximum atomic E-state index is 12.6. The van der Waals surface area contributed by atoms with E-state index in [0.717, 1.165) is 22.2 Å². The molecule has 10 heteroatoms. The van der Waals surface area contributed by atoms with Crippen LogP contribution in [0.5, 0.6) is 5.75 Å². The lowest BCUT2D eigenvalue weighted by molar-refractivity contribution is -0.147. The molecule has 1 fully saturated rings. The lowest BCUT2D eigenvalue weighted by Crippen LogP contribution is -2.34. The minimum atomic E-state index is -0.614. The van der Waals surface area contributed by atoms with Crippen molar-refractivity contribution >= 4 is 74.1 Å². The monoisotopic (exact) mass is 571 g/mol. The highest BCUT2D eigenvalue weighted by molar-refractivity contribution is 9.10. The normalized spacial score (nSPS) is 15.0. The number of halogens is 3. The summed E-state index contributed by atoms with van der Waals surface area (Å²) in [5.74, 6) is -0.394. The SMILES string of the molecule is CC(C)COC(=O)CN1C(=O)S/C(=C/c2ccc(OCc3ccc(Cl)cc3Cl)c(Br)c2)C1=O. The largest absolute Gasteiger partial charge is 0.488 e. The van der Waals surface area contributed by atoms with E-state index in [2.05, 4.69) is 15.9 Å². The molecule has 1 saturated heterocycles. The highest BCUT2D eigenvalue weighted by Crippen LogP contribution is 2.34. The minimum absolute atomic E-state index is 0.164. The molecule has 1 heterocycles. The van der Waals surface area contributed by atoms with Crippen LogP contribution in [0, 0.1) is 5.92 Å². The number of nitrogens with zero attached hydrogens (tertiary/aromatic N) is 1. The third-order valence-electron chi connectivity index (χ3n) is 4.39. The van der Waals surface area contributed by atoms with Crippen molar-refractivity contribution in [2.24, 2.45) is 5.92 Å². The van der Waals surface area contributed by atoms with Crippen molar-refractivity contribution in [1.29, 1.82) is 0 Å². The van der Waals surface area contributed by atoms with Crippen LogP contribution in [0.2, 0.25) is 10.0 Å². The number of amides is 2. The molecule has 0 N–H and O–H groups in total. The summed E-state index contributed by atoms with van der Waals surface area (Å²) >= 11 is 16.3. The summed E-state index contributed by atoms with van der Waals surface area (Å²) in [6.07, 6.45) is 1.59. The average Bonchev–Trinajstić information content (AvgIpc) is 3.00. The standard InChI is InChI=1S/C23H20BrCl2NO5S/c1-13(2)11-32-21(28)10-27-22(29)20(33-23(27)30)8-14-3-6-19(17(24)7-14)31-12-15-4-5-16(25)9-18(15)26/h3-9,13H,10-12H2,1-2H3/b20-8+. The van der Waals surface area contributed by atoms with Gasteiger partial charge in [0.05, 0.1) is 16.0 Å². The first kappa shape index (κ1) is 25.6. The van der Waals surface area contributed by atoms with Crippen LogP contribution >= 0.6 is 50.9 Å². The number of imide groups is 1. The van der Waals surface area contributed by atoms with Crippen LogP contribution in [-0.2, 0) is 20.9 Å². The number of thioether (sulfide) groups is 1. The molecule has 33 heavy (non-hydrogen) atoms. The van der Waals surface area contributed by atoms with Gasteiger partial charge in [-0.05, 0) is 69.5 Å². The number of ether oxygens (including phenoxy) is 2. The summed E-state index contributed by atoms with van der Waals surface area (Å²) < 4.78 is 11.6. The number of hydrogen-bond acceptors (Lipinski definition) is 6. The molecule has 0 spiro atoms. The van der Waals surface area contributed by atoms with Crippen LogP contribution in [0.4, 0.5) is 4.79 Å². The number of benzene rings is 2. The van der Waals surface area contributed by atoms with Gasteiger partial charge in [0.25, 0.3) is 11.1 Å². The summed E-state index contributed by atoms with van der Waals surface area (Å²) in [7, 11) is 0. The number of esters is 1. The van der Waals surface area contributed by atoms with Crippen LogP contribution < -0.4 is 4.74 Å². The van der Waals surface area contributed by atoms with Crippen molar-refractivity contribution in [2.75, 3.05) is 13.2 Å². The minimum Gasteiger partial charge on any atom is -0.488 e. The third-order valence-corrected chi connectivity index (χ3v) is 6.50. The highest BCUT2D eigenvalue weighted by Gasteiger charge is 2.36. The molecule has 2 amide bonds. The van der Waals surface area contributed by atoms with Gasteiger partial charge in [0.15, 0.2) is 0 Å². The van der Waals surface area contributed by atoms with E-state index in [4.69, 9.17) is 32.7 Å². The molecule has 0 bridgehead atoms. The first-order chi connectivity index (χ1) is 15.6. The van der Waals surface area contributed by atoms with E-state index in [1.165, 1.54) is 0 Å². The van der Waals surface area contributed by atoms with E-state index in [1.54, 1.807) is 42.5 Å². The van der Waals surface area contributed by atoms with Gasteiger partial charge in [-0.2, -0.15) is 0 Å². The number of carbonyl (C=O) groups is 3. The van der Waals surface area contributed by atoms with Gasteiger partial charge >= 0.3 is 5.97 Å². The van der Waals surface area contributed by atoms with Gasteiger partial charge in [-0.25, -0.2) is 0 Å². The van der Waals surface area contributed by atoms with Crippen molar-refractivity contribution in [1.82, 2.24) is 4.90 Å². The second-order valence-corrected chi connectivity index (χ2v) is 10.3. The van der Waals surface area contributed by atoms with Gasteiger partial charge < -0.3 is 9.47 Å². The Morgan fingerprint density at radius 3 is 2.61 bits per heavy atom. The Kier molecular flexibility index (Phi) is 8.87. The first-order valence-corrected chi connectivity index (χ1v) is 12.3. The Bertz CT molecular complexity index is 1120. The quantitative estimate of drug-likeness (QED) is 0.263. The molecular weight excluding hydrogens is 553 g/mol. The fourth-order valence-corrected chi connectivity index (χ4v) is 4.55. The fourth-order valence-electron chi connectivity index (χ4n) is 2.74. The predicted molar refractivity (Wildman–Crippen MR) is 133 cm³/mol. The van der Waals surface area contributed by atoms with Crippen molar-refractivity contribution < 1.29 is 23.9 Å². The highest BCUT2D eigenvalue weighted by atomic mass is 79.9. The molecule has 0 atom stereocenters. The zero-order chi connectivity index (χ0) is 24.1. The third kappa shape index (κ3) is 6.99. The lowest BCUT2D eigenvalue weighted by atomic mass is 10.2. The van der Waals surface area contributed by atoms with E-state index in [1.807, 2.05) is 13.8 Å². The Labute approximate surface area is 214 Å². The Morgan fingerprint density at radius 1 is 1.18 bits per heavy atom. The Balaban J connectivity index is 1.65. The molecule has 0 radical (unpaired) electrons. The van der Waals surface area contributed by atoms with Crippen molar-refractivity contribution in [3.63, 3.8) is 0 Å². The second kappa shape index (κ2) is 11.4. The number of carbonyl (C=O) groups excluding carboxylic acids is 3. The van der Waals surface area contributed by atoms with Gasteiger partial charge in [0.2, 0.25) is 0 Å². The molecule has 2 aromatic rings. The molecule has 1 aliphatic heterocycles. The lowest BCUT2D eigenvalue weighted by Gasteiger charge is -2.12. The van der Waals surface area contributed by atoms with Gasteiger partial charge in [-0.1, -0.05) is 49.2 Å². The maximum absolute atomic E-state index is 12.6. The van der Waals surface area contributed by atoms with Gasteiger partial charge in [0, 0.05) is 15.6 Å². The van der Waals surface area contributed by atoms with E-state index < -0.39 is 23.7 Å². The molecule has 0 saturated carbocycles. The number of hydrogen-bond donors (Lipinski definition) is 0. The van der Waals surface area contributed by atoms with Crippen molar-refractivity contribution in [2.45, 2.75) is 20.5 Å². The molecule has 2 aromatic carbocycles. The molecule has 0 aliphatic carbocycles. The van der Waals surface area contributed by atoms with Crippen LogP contribution in [0.1, 0.15) is 25.0 Å². The van der Waals surface area contributed by atoms with E-state index in [9.17, 15) is 14.4 Å². The summed E-state index contributed by atoms with van der Waals surface area (Å²) in [6, 6.07) is 10.4. The van der Waals surface area contributed by atoms with E-state index in [-0.39, 0.29) is 24.0 Å². The van der Waals surface area contributed by atoms with Gasteiger partial charge in [-0.15, -0.1) is 0 Å². The smallest absolute Gasteiger partial charge is 0.326 e. The molecule has 0 aromatic heterocycles. The maximum Gasteiger partial charge on any atom is 0.326 e. The zero-order valence-electron chi connectivity index (χ0n) is 17.8. The Morgan fingerprint density at radius 2 is 1.94 bits per heavy atom. The average molecular weight is 573 g/mol. The summed E-state index contributed by atoms with van der Waals surface area (Å²) in [5.41, 5.74) is 1.48. The molecule has 6 nitrogen and oxygen atoms in total. The zero-order valence-corrected chi connectivity index (χ0v) is 21.7. The van der Waals surface area contributed by atoms with Crippen molar-refractivity contribution in [3.05, 3.63) is 66.9 Å². The van der Waals surface area contributed by atoms with Gasteiger partial charge in [0.1, 0.15) is 18.9 Å². The topological polar surface area (TPSA) is 72.9 Å². The predicted octanol–water partition coefficient (Wildman–Crippen LogP) is 6.57. The molecule has 0 unspecified atom stereocenters. The van der Waals surface area contributed by atoms with E-state index >= 15 is 0 Å². The number of rotatable bonds is 8. The van der Waals surface area contributed by atoms with Crippen molar-refractivity contribution in [3.8, 4) is 5.75 Å². The van der Waals surface area contributed by atoms with Crippen LogP contribution in [-0.4, -0.2) is 35.2 Å². The fraction of sp³-hybridized carbons (Fsp3) is 0.261. The summed E-state index contributed by atoms with van der Waals surface area (Å²) in [4.78, 5) is 37.9. The second-order valence-electron chi connectivity index (χ2n) is 7.56. The van der Waals surface area contributed by atoms with Gasteiger partial charge in [-0.3, -0.25) is 19.3 Å². The van der Waals surface area contributed by atoms with Crippen LogP contribution in [0.25, 0.3) is 6.08 Å². The van der Waals surface area contributed by atoms with Crippen LogP contribution in [0.15, 0.2) is 45.8 Å². The summed E-state index contributed by atoms with van der Waals surface area (Å²) in [6.45, 7) is 3.88. The molecular formula is C23H20BrCl2NO5S. The van der Waals surface area contributed by atoms with Crippen LogP contribution in [0.3, 0.4) is 0 Å². The molecule has 174 valence electrons. The van der Waals surface area contributed by atoms with E-state index in [0.29, 0.717) is 25.8 Å².